The van der Waals surface area contributed by atoms with Crippen LogP contribution in [-0.2, 0) is 23.0 Å². The number of methoxy groups -OCH3 is 1. The molecule has 2 aromatic rings. The van der Waals surface area contributed by atoms with Gasteiger partial charge in [-0.3, -0.25) is 0 Å². The molecule has 2 rings (SSSR count). The number of nitrogens with one attached hydrogen (secondary N) is 1. The first-order valence-corrected chi connectivity index (χ1v) is 8.86. The lowest BCUT2D eigenvalue weighted by atomic mass is 10.2. The van der Waals surface area contributed by atoms with Gasteiger partial charge in [-0.2, -0.15) is 0 Å². The van der Waals surface area contributed by atoms with Crippen LogP contribution in [0.25, 0.3) is 0 Å². The summed E-state index contributed by atoms with van der Waals surface area (Å²) in [6.07, 6.45) is 0.438. The van der Waals surface area contributed by atoms with Crippen molar-refractivity contribution < 1.29 is 13.2 Å². The Labute approximate surface area is 136 Å². The summed E-state index contributed by atoms with van der Waals surface area (Å²) in [6.45, 7) is 0.262. The number of halogens is 1. The van der Waals surface area contributed by atoms with Gasteiger partial charge in [0.1, 0.15) is 5.75 Å². The average Bonchev–Trinajstić information content (AvgIpc) is 2.53. The molecule has 0 spiro atoms. The number of rotatable bonds is 7. The fraction of sp³-hybridized carbons (Fsp3) is 0.250. The lowest BCUT2D eigenvalue weighted by Gasteiger charge is -2.08. The van der Waals surface area contributed by atoms with E-state index in [1.54, 1.807) is 31.4 Å². The summed E-state index contributed by atoms with van der Waals surface area (Å²) in [5.41, 5.74) is 1.80. The van der Waals surface area contributed by atoms with Crippen LogP contribution in [0.5, 0.6) is 5.75 Å². The van der Waals surface area contributed by atoms with E-state index in [0.29, 0.717) is 11.4 Å². The Kier molecular flexibility index (Phi) is 5.83. The van der Waals surface area contributed by atoms with Gasteiger partial charge < -0.3 is 4.74 Å². The fourth-order valence-electron chi connectivity index (χ4n) is 1.95. The first-order valence-electron chi connectivity index (χ1n) is 6.83. The Bertz CT molecular complexity index is 714. The first-order chi connectivity index (χ1) is 10.5. The molecule has 0 aliphatic heterocycles. The summed E-state index contributed by atoms with van der Waals surface area (Å²) >= 11 is 5.80. The van der Waals surface area contributed by atoms with Gasteiger partial charge >= 0.3 is 0 Å². The minimum absolute atomic E-state index is 0.0355. The number of aryl methyl sites for hydroxylation is 1. The van der Waals surface area contributed by atoms with Crippen LogP contribution in [0.2, 0.25) is 5.02 Å². The average molecular weight is 340 g/mol. The second-order valence-corrected chi connectivity index (χ2v) is 7.23. The zero-order chi connectivity index (χ0) is 16.0. The van der Waals surface area contributed by atoms with Crippen LogP contribution >= 0.6 is 11.6 Å². The van der Waals surface area contributed by atoms with E-state index in [0.717, 1.165) is 16.9 Å². The van der Waals surface area contributed by atoms with E-state index >= 15 is 0 Å². The summed E-state index contributed by atoms with van der Waals surface area (Å²) in [4.78, 5) is 0. The molecule has 0 heterocycles. The van der Waals surface area contributed by atoms with Crippen molar-refractivity contribution in [3.8, 4) is 5.75 Å². The number of ether oxygens (including phenoxy) is 1. The van der Waals surface area contributed by atoms with E-state index in [9.17, 15) is 8.42 Å². The largest absolute Gasteiger partial charge is 0.497 e. The lowest BCUT2D eigenvalue weighted by Crippen LogP contribution is -2.26. The van der Waals surface area contributed by atoms with Crippen LogP contribution in [-0.4, -0.2) is 21.3 Å². The Balaban J connectivity index is 1.89. The topological polar surface area (TPSA) is 55.4 Å². The molecule has 0 aromatic heterocycles. The Hall–Kier alpha value is -1.56. The van der Waals surface area contributed by atoms with Crippen LogP contribution in [0.1, 0.15) is 11.1 Å². The van der Waals surface area contributed by atoms with E-state index in [1.165, 1.54) is 0 Å². The second-order valence-electron chi connectivity index (χ2n) is 4.87. The highest BCUT2D eigenvalue weighted by Gasteiger charge is 2.10. The summed E-state index contributed by atoms with van der Waals surface area (Å²) in [7, 11) is -1.74. The number of sulfonamides is 1. The zero-order valence-electron chi connectivity index (χ0n) is 12.3. The predicted molar refractivity (Wildman–Crippen MR) is 88.8 cm³/mol. The fourth-order valence-corrected chi connectivity index (χ4v) is 3.11. The van der Waals surface area contributed by atoms with Gasteiger partial charge in [0.2, 0.25) is 10.0 Å². The molecule has 118 valence electrons. The molecule has 0 aliphatic carbocycles. The van der Waals surface area contributed by atoms with Crippen LogP contribution in [0.3, 0.4) is 0 Å². The van der Waals surface area contributed by atoms with E-state index < -0.39 is 10.0 Å². The van der Waals surface area contributed by atoms with Gasteiger partial charge in [0.05, 0.1) is 12.9 Å². The minimum atomic E-state index is -3.33. The third-order valence-corrected chi connectivity index (χ3v) is 4.78. The maximum Gasteiger partial charge on any atom is 0.212 e. The van der Waals surface area contributed by atoms with Gasteiger partial charge in [-0.1, -0.05) is 35.9 Å². The summed E-state index contributed by atoms with van der Waals surface area (Å²) in [6, 6.07) is 14.5. The molecule has 0 bridgehead atoms. The molecule has 0 saturated carbocycles. The molecular formula is C16H18ClNO3S. The van der Waals surface area contributed by atoms with Gasteiger partial charge in [0.25, 0.3) is 0 Å². The molecule has 0 aliphatic rings. The SMILES string of the molecule is COc1cccc(CCS(=O)(=O)NCc2ccc(Cl)cc2)c1. The molecule has 4 nitrogen and oxygen atoms in total. The van der Waals surface area contributed by atoms with E-state index in [4.69, 9.17) is 16.3 Å². The number of benzene rings is 2. The quantitative estimate of drug-likeness (QED) is 0.843. The number of hydrogen-bond acceptors (Lipinski definition) is 3. The molecule has 0 radical (unpaired) electrons. The summed E-state index contributed by atoms with van der Waals surface area (Å²) < 4.78 is 31.8. The van der Waals surface area contributed by atoms with Gasteiger partial charge in [0, 0.05) is 11.6 Å². The van der Waals surface area contributed by atoms with Crippen molar-refractivity contribution in [1.82, 2.24) is 4.72 Å². The second kappa shape index (κ2) is 7.63. The standard InChI is InChI=1S/C16H18ClNO3S/c1-21-16-4-2-3-13(11-16)9-10-22(19,20)18-12-14-5-7-15(17)8-6-14/h2-8,11,18H,9-10,12H2,1H3. The maximum atomic E-state index is 12.0. The Morgan fingerprint density at radius 3 is 2.50 bits per heavy atom. The molecule has 2 aromatic carbocycles. The smallest absolute Gasteiger partial charge is 0.212 e. The van der Waals surface area contributed by atoms with Crippen molar-refractivity contribution >= 4 is 21.6 Å². The Morgan fingerprint density at radius 1 is 1.09 bits per heavy atom. The molecule has 22 heavy (non-hydrogen) atoms. The predicted octanol–water partition coefficient (Wildman–Crippen LogP) is 3.01. The van der Waals surface area contributed by atoms with Gasteiger partial charge in [0.15, 0.2) is 0 Å². The van der Waals surface area contributed by atoms with Crippen molar-refractivity contribution in [3.05, 3.63) is 64.7 Å². The minimum Gasteiger partial charge on any atom is -0.497 e. The molecule has 0 amide bonds. The molecular weight excluding hydrogens is 322 g/mol. The van der Waals surface area contributed by atoms with Crippen LogP contribution in [0.15, 0.2) is 48.5 Å². The monoisotopic (exact) mass is 339 g/mol. The summed E-state index contributed by atoms with van der Waals surface area (Å²) in [5.74, 6) is 0.761. The number of hydrogen-bond donors (Lipinski definition) is 1. The third-order valence-electron chi connectivity index (χ3n) is 3.20. The lowest BCUT2D eigenvalue weighted by molar-refractivity contribution is 0.414. The normalized spacial score (nSPS) is 11.4. The molecule has 6 heteroatoms. The Morgan fingerprint density at radius 2 is 1.82 bits per heavy atom. The third kappa shape index (κ3) is 5.33. The van der Waals surface area contributed by atoms with Crippen molar-refractivity contribution in [2.24, 2.45) is 0 Å². The van der Waals surface area contributed by atoms with Gasteiger partial charge in [-0.05, 0) is 41.8 Å². The van der Waals surface area contributed by atoms with Crippen molar-refractivity contribution in [2.45, 2.75) is 13.0 Å². The van der Waals surface area contributed by atoms with Crippen molar-refractivity contribution in [3.63, 3.8) is 0 Å². The highest BCUT2D eigenvalue weighted by molar-refractivity contribution is 7.89. The highest BCUT2D eigenvalue weighted by atomic mass is 35.5. The molecule has 0 atom stereocenters. The van der Waals surface area contributed by atoms with Crippen molar-refractivity contribution in [2.75, 3.05) is 12.9 Å². The van der Waals surface area contributed by atoms with Gasteiger partial charge in [-0.15, -0.1) is 0 Å². The molecule has 0 saturated heterocycles. The van der Waals surface area contributed by atoms with E-state index in [2.05, 4.69) is 4.72 Å². The molecule has 0 unspecified atom stereocenters. The summed E-state index contributed by atoms with van der Waals surface area (Å²) in [5, 5.41) is 0.629. The maximum absolute atomic E-state index is 12.0. The van der Waals surface area contributed by atoms with E-state index in [1.807, 2.05) is 24.3 Å². The zero-order valence-corrected chi connectivity index (χ0v) is 13.8. The van der Waals surface area contributed by atoms with Crippen LogP contribution < -0.4 is 9.46 Å². The molecule has 0 fully saturated rings. The van der Waals surface area contributed by atoms with Crippen LogP contribution in [0, 0.1) is 0 Å². The van der Waals surface area contributed by atoms with Gasteiger partial charge in [-0.25, -0.2) is 13.1 Å². The first kappa shape index (κ1) is 16.8. The van der Waals surface area contributed by atoms with E-state index in [-0.39, 0.29) is 12.3 Å². The highest BCUT2D eigenvalue weighted by Crippen LogP contribution is 2.13. The van der Waals surface area contributed by atoms with Crippen LogP contribution in [0.4, 0.5) is 0 Å². The molecule has 1 N–H and O–H groups in total. The van der Waals surface area contributed by atoms with Crippen molar-refractivity contribution in [1.29, 1.82) is 0 Å².